The van der Waals surface area contributed by atoms with Gasteiger partial charge in [0.1, 0.15) is 0 Å². The van der Waals surface area contributed by atoms with Gasteiger partial charge in [-0.05, 0) is 31.0 Å². The van der Waals surface area contributed by atoms with E-state index in [0.717, 1.165) is 31.4 Å². The number of nitrogens with one attached hydrogen (secondary N) is 2. The number of aliphatic hydroxyl groups is 1. The highest BCUT2D eigenvalue weighted by molar-refractivity contribution is 5.91. The number of aromatic nitrogens is 2. The number of carbonyl (C=O) groups excluding carboxylic acids is 1. The molecule has 1 aromatic carbocycles. The van der Waals surface area contributed by atoms with E-state index in [4.69, 9.17) is 0 Å². The topological polar surface area (TPSA) is 79.2 Å². The summed E-state index contributed by atoms with van der Waals surface area (Å²) in [5, 5.41) is 19.8. The van der Waals surface area contributed by atoms with Crippen molar-refractivity contribution in [3.8, 4) is 5.69 Å². The fourth-order valence-corrected chi connectivity index (χ4v) is 3.31. The van der Waals surface area contributed by atoms with Gasteiger partial charge in [0.2, 0.25) is 0 Å². The Hall–Kier alpha value is -2.34. The number of nitrogens with zero attached hydrogens (tertiary/aromatic N) is 2. The van der Waals surface area contributed by atoms with E-state index in [2.05, 4.69) is 15.7 Å². The summed E-state index contributed by atoms with van der Waals surface area (Å²) in [6.07, 6.45) is 8.79. The number of hydrogen-bond acceptors (Lipinski definition) is 3. The molecule has 128 valence electrons. The van der Waals surface area contributed by atoms with Crippen LogP contribution in [0.5, 0.6) is 0 Å². The maximum absolute atomic E-state index is 12.4. The normalized spacial score (nSPS) is 21.0. The lowest BCUT2D eigenvalue weighted by Crippen LogP contribution is -2.43. The number of anilines is 1. The molecule has 2 amide bonds. The molecular weight excluding hydrogens is 304 g/mol. The van der Waals surface area contributed by atoms with Crippen LogP contribution in [-0.2, 0) is 0 Å². The summed E-state index contributed by atoms with van der Waals surface area (Å²) in [7, 11) is 0. The van der Waals surface area contributed by atoms with Gasteiger partial charge in [0.15, 0.2) is 0 Å². The molecule has 1 aliphatic carbocycles. The monoisotopic (exact) mass is 328 g/mol. The standard InChI is InChI=1S/C18H24N4O2/c23-13-14-7-2-1-3-8-15(14)20-18(24)21-16-9-4-5-10-17(16)22-12-6-11-19-22/h4-6,9-12,14-15,23H,1-3,7-8,13H2,(H2,20,21,24). The molecule has 3 rings (SSSR count). The van der Waals surface area contributed by atoms with Crippen LogP contribution in [0.1, 0.15) is 32.1 Å². The highest BCUT2D eigenvalue weighted by Crippen LogP contribution is 2.24. The molecule has 0 bridgehead atoms. The quantitative estimate of drug-likeness (QED) is 0.755. The Kier molecular flexibility index (Phi) is 5.48. The van der Waals surface area contributed by atoms with Gasteiger partial charge in [0.25, 0.3) is 0 Å². The molecule has 1 aliphatic rings. The lowest BCUT2D eigenvalue weighted by molar-refractivity contribution is 0.182. The Morgan fingerprint density at radius 1 is 1.21 bits per heavy atom. The molecule has 0 aliphatic heterocycles. The van der Waals surface area contributed by atoms with Gasteiger partial charge < -0.3 is 15.7 Å². The number of benzene rings is 1. The molecule has 3 N–H and O–H groups in total. The van der Waals surface area contributed by atoms with Crippen molar-refractivity contribution < 1.29 is 9.90 Å². The third-order valence-corrected chi connectivity index (χ3v) is 4.61. The Morgan fingerprint density at radius 3 is 2.83 bits per heavy atom. The summed E-state index contributed by atoms with van der Waals surface area (Å²) in [5.41, 5.74) is 1.52. The minimum atomic E-state index is -0.236. The molecule has 1 fully saturated rings. The van der Waals surface area contributed by atoms with Crippen molar-refractivity contribution in [2.45, 2.75) is 38.1 Å². The van der Waals surface area contributed by atoms with Gasteiger partial charge in [-0.1, -0.05) is 31.4 Å². The summed E-state index contributed by atoms with van der Waals surface area (Å²) < 4.78 is 1.72. The minimum absolute atomic E-state index is 0.0226. The first-order valence-electron chi connectivity index (χ1n) is 8.55. The first-order valence-corrected chi connectivity index (χ1v) is 8.55. The second-order valence-corrected chi connectivity index (χ2v) is 6.25. The Bertz CT molecular complexity index is 657. The zero-order valence-electron chi connectivity index (χ0n) is 13.7. The highest BCUT2D eigenvalue weighted by atomic mass is 16.3. The van der Waals surface area contributed by atoms with Crippen molar-refractivity contribution in [3.05, 3.63) is 42.7 Å². The molecule has 2 unspecified atom stereocenters. The van der Waals surface area contributed by atoms with Crippen molar-refractivity contribution in [2.75, 3.05) is 11.9 Å². The molecule has 1 saturated carbocycles. The van der Waals surface area contributed by atoms with E-state index in [-0.39, 0.29) is 24.6 Å². The fourth-order valence-electron chi connectivity index (χ4n) is 3.31. The lowest BCUT2D eigenvalue weighted by atomic mass is 9.96. The molecule has 0 saturated heterocycles. The number of amides is 2. The third-order valence-electron chi connectivity index (χ3n) is 4.61. The molecule has 1 aromatic heterocycles. The summed E-state index contributed by atoms with van der Waals surface area (Å²) in [6.45, 7) is 0.120. The Balaban J connectivity index is 1.69. The van der Waals surface area contributed by atoms with Crippen molar-refractivity contribution in [3.63, 3.8) is 0 Å². The maximum Gasteiger partial charge on any atom is 0.319 e. The number of carbonyl (C=O) groups is 1. The average Bonchev–Trinajstić information content (AvgIpc) is 3.03. The fraction of sp³-hybridized carbons (Fsp3) is 0.444. The predicted octanol–water partition coefficient (Wildman–Crippen LogP) is 2.94. The van der Waals surface area contributed by atoms with Gasteiger partial charge in [-0.25, -0.2) is 9.48 Å². The SMILES string of the molecule is O=C(Nc1ccccc1-n1cccn1)NC1CCCCCC1CO. The number of para-hydroxylation sites is 2. The summed E-state index contributed by atoms with van der Waals surface area (Å²) in [6, 6.07) is 9.18. The van der Waals surface area contributed by atoms with Crippen molar-refractivity contribution in [2.24, 2.45) is 5.92 Å². The molecule has 2 aromatic rings. The van der Waals surface area contributed by atoms with Gasteiger partial charge in [-0.2, -0.15) is 5.10 Å². The molecule has 0 spiro atoms. The van der Waals surface area contributed by atoms with Gasteiger partial charge in [0, 0.05) is 31.0 Å². The molecule has 6 heteroatoms. The van der Waals surface area contributed by atoms with Crippen LogP contribution in [0.3, 0.4) is 0 Å². The van der Waals surface area contributed by atoms with Crippen molar-refractivity contribution in [1.82, 2.24) is 15.1 Å². The zero-order chi connectivity index (χ0) is 16.8. The van der Waals surface area contributed by atoms with E-state index in [1.54, 1.807) is 10.9 Å². The van der Waals surface area contributed by atoms with E-state index >= 15 is 0 Å². The summed E-state index contributed by atoms with van der Waals surface area (Å²) in [4.78, 5) is 12.4. The number of urea groups is 1. The van der Waals surface area contributed by atoms with Crippen LogP contribution in [0.2, 0.25) is 0 Å². The van der Waals surface area contributed by atoms with Gasteiger partial charge in [-0.15, -0.1) is 0 Å². The first-order chi connectivity index (χ1) is 11.8. The lowest BCUT2D eigenvalue weighted by Gasteiger charge is -2.24. The Labute approximate surface area is 141 Å². The molecule has 1 heterocycles. The van der Waals surface area contributed by atoms with Gasteiger partial charge >= 0.3 is 6.03 Å². The number of aliphatic hydroxyl groups excluding tert-OH is 1. The average molecular weight is 328 g/mol. The largest absolute Gasteiger partial charge is 0.396 e. The summed E-state index contributed by atoms with van der Waals surface area (Å²) in [5.74, 6) is 0.139. The number of hydrogen-bond donors (Lipinski definition) is 3. The molecule has 24 heavy (non-hydrogen) atoms. The van der Waals surface area contributed by atoms with E-state index in [1.165, 1.54) is 6.42 Å². The van der Waals surface area contributed by atoms with Gasteiger partial charge in [-0.3, -0.25) is 0 Å². The zero-order valence-corrected chi connectivity index (χ0v) is 13.7. The highest BCUT2D eigenvalue weighted by Gasteiger charge is 2.24. The first kappa shape index (κ1) is 16.5. The van der Waals surface area contributed by atoms with Crippen LogP contribution in [0.15, 0.2) is 42.7 Å². The van der Waals surface area contributed by atoms with Crippen molar-refractivity contribution in [1.29, 1.82) is 0 Å². The predicted molar refractivity (Wildman–Crippen MR) is 93.2 cm³/mol. The van der Waals surface area contributed by atoms with Crippen LogP contribution in [-0.4, -0.2) is 33.6 Å². The second kappa shape index (κ2) is 7.97. The minimum Gasteiger partial charge on any atom is -0.396 e. The van der Waals surface area contributed by atoms with Crippen LogP contribution in [0.25, 0.3) is 5.69 Å². The maximum atomic E-state index is 12.4. The molecule has 0 radical (unpaired) electrons. The smallest absolute Gasteiger partial charge is 0.319 e. The third kappa shape index (κ3) is 3.94. The molecule has 6 nitrogen and oxygen atoms in total. The van der Waals surface area contributed by atoms with Crippen LogP contribution >= 0.6 is 0 Å². The van der Waals surface area contributed by atoms with Crippen LogP contribution in [0, 0.1) is 5.92 Å². The second-order valence-electron chi connectivity index (χ2n) is 6.25. The van der Waals surface area contributed by atoms with Crippen LogP contribution < -0.4 is 10.6 Å². The van der Waals surface area contributed by atoms with E-state index < -0.39 is 0 Å². The van der Waals surface area contributed by atoms with E-state index in [9.17, 15) is 9.90 Å². The number of rotatable bonds is 4. The molecular formula is C18H24N4O2. The van der Waals surface area contributed by atoms with Crippen molar-refractivity contribution >= 4 is 11.7 Å². The van der Waals surface area contributed by atoms with E-state index in [1.807, 2.05) is 36.5 Å². The van der Waals surface area contributed by atoms with E-state index in [0.29, 0.717) is 5.69 Å². The molecule has 2 atom stereocenters. The Morgan fingerprint density at radius 2 is 2.04 bits per heavy atom. The van der Waals surface area contributed by atoms with Crippen LogP contribution in [0.4, 0.5) is 10.5 Å². The summed E-state index contributed by atoms with van der Waals surface area (Å²) >= 11 is 0. The van der Waals surface area contributed by atoms with Gasteiger partial charge in [0.05, 0.1) is 11.4 Å².